The number of hydrogen-bond donors (Lipinski definition) is 1. The first kappa shape index (κ1) is 19.7. The Kier molecular flexibility index (Phi) is 5.61. The van der Waals surface area contributed by atoms with E-state index in [0.29, 0.717) is 34.1 Å². The van der Waals surface area contributed by atoms with Gasteiger partial charge in [-0.3, -0.25) is 0 Å². The second-order valence-electron chi connectivity index (χ2n) is 6.07. The molecule has 2 N–H and O–H groups in total. The van der Waals surface area contributed by atoms with Crippen LogP contribution in [0.1, 0.15) is 17.0 Å². The highest BCUT2D eigenvalue weighted by atomic mass is 16.5. The molecule has 0 unspecified atom stereocenters. The van der Waals surface area contributed by atoms with Crippen molar-refractivity contribution in [3.8, 4) is 29.4 Å². The van der Waals surface area contributed by atoms with Crippen molar-refractivity contribution in [3.05, 3.63) is 70.6 Å². The van der Waals surface area contributed by atoms with Crippen LogP contribution in [0.4, 0.5) is 0 Å². The van der Waals surface area contributed by atoms with Crippen LogP contribution in [-0.4, -0.2) is 21.3 Å². The predicted octanol–water partition coefficient (Wildman–Crippen LogP) is 3.45. The highest BCUT2D eigenvalue weighted by Gasteiger charge is 2.36. The van der Waals surface area contributed by atoms with Crippen LogP contribution in [0.25, 0.3) is 5.76 Å². The summed E-state index contributed by atoms with van der Waals surface area (Å²) < 4.78 is 22.1. The molecule has 2 aromatic rings. The van der Waals surface area contributed by atoms with Gasteiger partial charge in [0.2, 0.25) is 11.6 Å². The van der Waals surface area contributed by atoms with Crippen LogP contribution >= 0.6 is 0 Å². The molecule has 0 bridgehead atoms. The molecule has 0 fully saturated rings. The summed E-state index contributed by atoms with van der Waals surface area (Å²) in [7, 11) is 4.48. The van der Waals surface area contributed by atoms with Crippen molar-refractivity contribution in [1.82, 2.24) is 0 Å². The van der Waals surface area contributed by atoms with Crippen LogP contribution in [-0.2, 0) is 4.74 Å². The molecule has 0 spiro atoms. The molecule has 0 amide bonds. The minimum absolute atomic E-state index is 0.0628. The van der Waals surface area contributed by atoms with Gasteiger partial charge in [0.1, 0.15) is 11.6 Å². The Balaban J connectivity index is 2.33. The van der Waals surface area contributed by atoms with Gasteiger partial charge in [0.15, 0.2) is 17.3 Å². The van der Waals surface area contributed by atoms with Gasteiger partial charge in [-0.15, -0.1) is 0 Å². The van der Waals surface area contributed by atoms with Crippen LogP contribution in [0.15, 0.2) is 59.5 Å². The maximum absolute atomic E-state index is 9.99. The molecular formula is C22H19N3O4. The van der Waals surface area contributed by atoms with Crippen LogP contribution in [0.3, 0.4) is 0 Å². The van der Waals surface area contributed by atoms with E-state index in [1.165, 1.54) is 21.3 Å². The molecule has 1 aliphatic heterocycles. The monoisotopic (exact) mass is 389 g/mol. The molecule has 7 heteroatoms. The highest BCUT2D eigenvalue weighted by Crippen LogP contribution is 2.49. The van der Waals surface area contributed by atoms with E-state index in [9.17, 15) is 10.5 Å². The lowest BCUT2D eigenvalue weighted by molar-refractivity contribution is 0.320. The number of nitriles is 2. The Hall–Kier alpha value is -4.10. The molecule has 146 valence electrons. The molecule has 0 saturated carbocycles. The van der Waals surface area contributed by atoms with Crippen LogP contribution in [0.2, 0.25) is 0 Å². The summed E-state index contributed by atoms with van der Waals surface area (Å²) in [6.45, 7) is 0. The first-order valence-corrected chi connectivity index (χ1v) is 8.67. The number of benzene rings is 2. The van der Waals surface area contributed by atoms with Crippen molar-refractivity contribution in [2.24, 2.45) is 5.73 Å². The fourth-order valence-electron chi connectivity index (χ4n) is 3.34. The van der Waals surface area contributed by atoms with Crippen LogP contribution < -0.4 is 19.9 Å². The van der Waals surface area contributed by atoms with E-state index in [0.717, 1.165) is 0 Å². The summed E-state index contributed by atoms with van der Waals surface area (Å²) in [6, 6.07) is 16.8. The number of hydrogen-bond acceptors (Lipinski definition) is 7. The number of nitrogens with two attached hydrogens (primary N) is 1. The Morgan fingerprint density at radius 1 is 0.862 bits per heavy atom. The largest absolute Gasteiger partial charge is 0.493 e. The van der Waals surface area contributed by atoms with Crippen molar-refractivity contribution in [3.63, 3.8) is 0 Å². The topological polar surface area (TPSA) is 111 Å². The molecule has 2 aromatic carbocycles. The first-order chi connectivity index (χ1) is 14.1. The summed E-state index contributed by atoms with van der Waals surface area (Å²) in [5.74, 6) is 0.608. The molecular weight excluding hydrogens is 370 g/mol. The number of allylic oxidation sites excluding steroid dienone is 2. The summed E-state index contributed by atoms with van der Waals surface area (Å²) >= 11 is 0. The smallest absolute Gasteiger partial charge is 0.205 e. The lowest BCUT2D eigenvalue weighted by Gasteiger charge is -2.27. The first-order valence-electron chi connectivity index (χ1n) is 8.67. The summed E-state index contributed by atoms with van der Waals surface area (Å²) in [6.07, 6.45) is 0. The van der Waals surface area contributed by atoms with E-state index in [1.807, 2.05) is 18.2 Å². The summed E-state index contributed by atoms with van der Waals surface area (Å²) in [5, 5.41) is 19.7. The van der Waals surface area contributed by atoms with Gasteiger partial charge < -0.3 is 24.7 Å². The van der Waals surface area contributed by atoms with Crippen molar-refractivity contribution >= 4 is 5.76 Å². The van der Waals surface area contributed by atoms with Crippen LogP contribution in [0.5, 0.6) is 17.2 Å². The summed E-state index contributed by atoms with van der Waals surface area (Å²) in [4.78, 5) is 0. The number of rotatable bonds is 5. The minimum atomic E-state index is -0.788. The summed E-state index contributed by atoms with van der Waals surface area (Å²) in [5.41, 5.74) is 7.65. The zero-order valence-electron chi connectivity index (χ0n) is 16.2. The van der Waals surface area contributed by atoms with Gasteiger partial charge in [0.05, 0.1) is 38.9 Å². The third-order valence-corrected chi connectivity index (χ3v) is 4.62. The fraction of sp³-hybridized carbons (Fsp3) is 0.182. The molecule has 1 atom stereocenters. The van der Waals surface area contributed by atoms with Crippen molar-refractivity contribution in [1.29, 1.82) is 10.5 Å². The zero-order valence-corrected chi connectivity index (χ0v) is 16.2. The normalized spacial score (nSPS) is 15.8. The quantitative estimate of drug-likeness (QED) is 0.834. The van der Waals surface area contributed by atoms with E-state index < -0.39 is 5.92 Å². The molecule has 1 aliphatic rings. The zero-order chi connectivity index (χ0) is 21.0. The molecule has 29 heavy (non-hydrogen) atoms. The van der Waals surface area contributed by atoms with Gasteiger partial charge in [-0.05, 0) is 6.07 Å². The third kappa shape index (κ3) is 3.30. The SMILES string of the molecule is COc1ccc([C@@H]2C(C#N)=C(N)OC(c3ccccc3)=C2C#N)c(OC)c1OC. The molecule has 3 rings (SSSR count). The lowest BCUT2D eigenvalue weighted by Crippen LogP contribution is -2.20. The lowest BCUT2D eigenvalue weighted by atomic mass is 9.82. The Morgan fingerprint density at radius 2 is 1.52 bits per heavy atom. The highest BCUT2D eigenvalue weighted by molar-refractivity contribution is 5.75. The van der Waals surface area contributed by atoms with E-state index in [1.54, 1.807) is 24.3 Å². The van der Waals surface area contributed by atoms with Gasteiger partial charge >= 0.3 is 0 Å². The average molecular weight is 389 g/mol. The van der Waals surface area contributed by atoms with Crippen molar-refractivity contribution in [2.45, 2.75) is 5.92 Å². The van der Waals surface area contributed by atoms with E-state index in [4.69, 9.17) is 24.7 Å². The third-order valence-electron chi connectivity index (χ3n) is 4.62. The molecule has 0 aromatic heterocycles. The number of nitrogens with zero attached hydrogens (tertiary/aromatic N) is 2. The fourth-order valence-corrected chi connectivity index (χ4v) is 3.34. The van der Waals surface area contributed by atoms with Gasteiger partial charge in [-0.1, -0.05) is 36.4 Å². The second kappa shape index (κ2) is 8.28. The molecule has 7 nitrogen and oxygen atoms in total. The molecule has 1 heterocycles. The Morgan fingerprint density at radius 3 is 2.07 bits per heavy atom. The van der Waals surface area contributed by atoms with E-state index in [-0.39, 0.29) is 17.0 Å². The number of methoxy groups -OCH3 is 3. The Bertz CT molecular complexity index is 1080. The minimum Gasteiger partial charge on any atom is -0.493 e. The second-order valence-corrected chi connectivity index (χ2v) is 6.07. The predicted molar refractivity (Wildman–Crippen MR) is 106 cm³/mol. The number of ether oxygens (including phenoxy) is 4. The molecule has 0 aliphatic carbocycles. The standard InChI is InChI=1S/C22H19N3O4/c1-26-17-10-9-14(20(27-2)21(17)28-3)18-15(11-23)19(13-7-5-4-6-8-13)29-22(25)16(18)12-24/h4-10,18H,25H2,1-3H3/t18-/m0/s1. The Labute approximate surface area is 168 Å². The van der Waals surface area contributed by atoms with E-state index in [2.05, 4.69) is 12.1 Å². The van der Waals surface area contributed by atoms with Gasteiger partial charge in [-0.2, -0.15) is 10.5 Å². The maximum Gasteiger partial charge on any atom is 0.205 e. The van der Waals surface area contributed by atoms with E-state index >= 15 is 0 Å². The average Bonchev–Trinajstić information content (AvgIpc) is 2.77. The van der Waals surface area contributed by atoms with Gasteiger partial charge in [0.25, 0.3) is 0 Å². The molecule has 0 saturated heterocycles. The van der Waals surface area contributed by atoms with Gasteiger partial charge in [-0.25, -0.2) is 0 Å². The van der Waals surface area contributed by atoms with Gasteiger partial charge in [0, 0.05) is 11.1 Å². The van der Waals surface area contributed by atoms with Crippen molar-refractivity contribution in [2.75, 3.05) is 21.3 Å². The molecule has 0 radical (unpaired) electrons. The van der Waals surface area contributed by atoms with Crippen molar-refractivity contribution < 1.29 is 18.9 Å². The maximum atomic E-state index is 9.99. The van der Waals surface area contributed by atoms with Crippen LogP contribution in [0, 0.1) is 22.7 Å².